The van der Waals surface area contributed by atoms with Crippen LogP contribution in [0.2, 0.25) is 0 Å². The monoisotopic (exact) mass is 466 g/mol. The maximum Gasteiger partial charge on any atom is 0.191 e. The van der Waals surface area contributed by atoms with Crippen molar-refractivity contribution in [2.24, 2.45) is 4.99 Å². The first-order valence-corrected chi connectivity index (χ1v) is 8.35. The molecule has 0 saturated heterocycles. The third kappa shape index (κ3) is 5.32. The van der Waals surface area contributed by atoms with Gasteiger partial charge in [-0.15, -0.1) is 34.2 Å². The number of halogens is 1. The summed E-state index contributed by atoms with van der Waals surface area (Å²) in [7, 11) is 0. The van der Waals surface area contributed by atoms with Crippen molar-refractivity contribution in [1.29, 1.82) is 0 Å². The third-order valence-corrected chi connectivity index (χ3v) is 3.72. The predicted octanol–water partition coefficient (Wildman–Crippen LogP) is 2.35. The average molecular weight is 466 g/mol. The second kappa shape index (κ2) is 9.95. The van der Waals surface area contributed by atoms with Crippen molar-refractivity contribution in [2.45, 2.75) is 19.9 Å². The zero-order valence-corrected chi connectivity index (χ0v) is 16.9. The maximum atomic E-state index is 9.51. The molecule has 0 amide bonds. The molecule has 0 aliphatic heterocycles. The number of aliphatic imine (C=N–C) groups is 1. The van der Waals surface area contributed by atoms with Gasteiger partial charge in [0.1, 0.15) is 12.3 Å². The molecule has 26 heavy (non-hydrogen) atoms. The predicted molar refractivity (Wildman–Crippen MR) is 113 cm³/mol. The van der Waals surface area contributed by atoms with Crippen LogP contribution in [0.3, 0.4) is 0 Å². The van der Waals surface area contributed by atoms with Gasteiger partial charge in [0, 0.05) is 19.3 Å². The van der Waals surface area contributed by atoms with E-state index in [0.29, 0.717) is 6.54 Å². The van der Waals surface area contributed by atoms with Crippen LogP contribution >= 0.6 is 24.0 Å². The van der Waals surface area contributed by atoms with E-state index in [9.17, 15) is 5.11 Å². The van der Waals surface area contributed by atoms with E-state index >= 15 is 0 Å². The van der Waals surface area contributed by atoms with Crippen LogP contribution < -0.4 is 10.6 Å². The molecule has 0 unspecified atom stereocenters. The Morgan fingerprint density at radius 1 is 1.15 bits per heavy atom. The number of aromatic hydroxyl groups is 1. The fourth-order valence-corrected chi connectivity index (χ4v) is 2.53. The smallest absolute Gasteiger partial charge is 0.191 e. The van der Waals surface area contributed by atoms with Gasteiger partial charge in [0.2, 0.25) is 0 Å². The lowest BCUT2D eigenvalue weighted by Crippen LogP contribution is -2.38. The number of phenolic OH excluding ortho intramolecular Hbond substituents is 1. The molecule has 7 nitrogen and oxygen atoms in total. The molecule has 0 aliphatic carbocycles. The minimum absolute atomic E-state index is 0. The zero-order valence-electron chi connectivity index (χ0n) is 14.6. The van der Waals surface area contributed by atoms with E-state index in [2.05, 4.69) is 25.8 Å². The number of nitrogens with zero attached hydrogens (tertiary/aromatic N) is 4. The fraction of sp³-hybridized carbons (Fsp3) is 0.278. The molecule has 0 fully saturated rings. The first-order valence-electron chi connectivity index (χ1n) is 8.35. The Morgan fingerprint density at radius 2 is 2.04 bits per heavy atom. The van der Waals surface area contributed by atoms with Crippen LogP contribution in [0.4, 0.5) is 0 Å². The molecule has 3 N–H and O–H groups in total. The van der Waals surface area contributed by atoms with E-state index in [0.717, 1.165) is 42.5 Å². The minimum Gasteiger partial charge on any atom is -0.508 e. The Kier molecular flexibility index (Phi) is 7.64. The van der Waals surface area contributed by atoms with Gasteiger partial charge in [0.25, 0.3) is 0 Å². The van der Waals surface area contributed by atoms with Crippen LogP contribution in [0, 0.1) is 0 Å². The minimum atomic E-state index is 0. The summed E-state index contributed by atoms with van der Waals surface area (Å²) >= 11 is 0. The molecule has 0 radical (unpaired) electrons. The summed E-state index contributed by atoms with van der Waals surface area (Å²) in [5.41, 5.74) is 1.89. The van der Waals surface area contributed by atoms with E-state index in [1.165, 1.54) is 0 Å². The van der Waals surface area contributed by atoms with E-state index in [-0.39, 0.29) is 29.7 Å². The van der Waals surface area contributed by atoms with Gasteiger partial charge in [-0.2, -0.15) is 0 Å². The van der Waals surface area contributed by atoms with Crippen LogP contribution in [0.15, 0.2) is 53.7 Å². The second-order valence-corrected chi connectivity index (χ2v) is 5.59. The topological polar surface area (TPSA) is 86.8 Å². The summed E-state index contributed by atoms with van der Waals surface area (Å²) in [6, 6.07) is 13.1. The molecule has 0 aliphatic rings. The molecule has 3 aromatic rings. The van der Waals surface area contributed by atoms with E-state index in [1.54, 1.807) is 12.1 Å². The summed E-state index contributed by atoms with van der Waals surface area (Å²) in [6.45, 7) is 3.96. The number of phenols is 1. The molecule has 3 rings (SSSR count). The number of fused-ring (bicyclic) bond motifs is 1. The second-order valence-electron chi connectivity index (χ2n) is 5.59. The Labute approximate surface area is 169 Å². The van der Waals surface area contributed by atoms with Crippen LogP contribution in [-0.4, -0.2) is 38.8 Å². The molecule has 0 atom stereocenters. The molecule has 2 aromatic heterocycles. The van der Waals surface area contributed by atoms with Crippen molar-refractivity contribution in [3.05, 3.63) is 60.0 Å². The van der Waals surface area contributed by atoms with Gasteiger partial charge in [-0.05, 0) is 43.2 Å². The van der Waals surface area contributed by atoms with E-state index in [4.69, 9.17) is 0 Å². The lowest BCUT2D eigenvalue weighted by atomic mass is 10.1. The summed E-state index contributed by atoms with van der Waals surface area (Å²) in [4.78, 5) is 4.58. The summed E-state index contributed by atoms with van der Waals surface area (Å²) in [5, 5.41) is 24.4. The molecule has 2 heterocycles. The van der Waals surface area contributed by atoms with Gasteiger partial charge in [-0.3, -0.25) is 4.40 Å². The van der Waals surface area contributed by atoms with Crippen LogP contribution in [0.5, 0.6) is 5.75 Å². The molecule has 0 saturated carbocycles. The summed E-state index contributed by atoms with van der Waals surface area (Å²) in [5.74, 6) is 1.81. The number of guanidine groups is 1. The van der Waals surface area contributed by atoms with Gasteiger partial charge in [-0.25, -0.2) is 4.99 Å². The highest BCUT2D eigenvalue weighted by molar-refractivity contribution is 14.0. The molecule has 8 heteroatoms. The summed E-state index contributed by atoms with van der Waals surface area (Å²) < 4.78 is 1.93. The zero-order chi connectivity index (χ0) is 17.5. The molecular formula is C18H23IN6O. The van der Waals surface area contributed by atoms with Crippen molar-refractivity contribution in [3.63, 3.8) is 0 Å². The number of hydrogen-bond acceptors (Lipinski definition) is 4. The van der Waals surface area contributed by atoms with E-state index < -0.39 is 0 Å². The third-order valence-electron chi connectivity index (χ3n) is 3.72. The Morgan fingerprint density at radius 3 is 2.85 bits per heavy atom. The first kappa shape index (κ1) is 20.0. The van der Waals surface area contributed by atoms with Crippen molar-refractivity contribution in [3.8, 4) is 5.75 Å². The van der Waals surface area contributed by atoms with Crippen molar-refractivity contribution in [2.75, 3.05) is 13.1 Å². The van der Waals surface area contributed by atoms with Gasteiger partial charge in [0.15, 0.2) is 17.4 Å². The molecule has 0 spiro atoms. The van der Waals surface area contributed by atoms with Crippen molar-refractivity contribution in [1.82, 2.24) is 25.2 Å². The Bertz CT molecular complexity index is 864. The van der Waals surface area contributed by atoms with Gasteiger partial charge < -0.3 is 15.7 Å². The summed E-state index contributed by atoms with van der Waals surface area (Å²) in [6.07, 6.45) is 2.73. The number of nitrogens with one attached hydrogen (secondary N) is 2. The van der Waals surface area contributed by atoms with Crippen LogP contribution in [0.1, 0.15) is 18.3 Å². The maximum absolute atomic E-state index is 9.51. The van der Waals surface area contributed by atoms with Crippen LogP contribution in [-0.2, 0) is 13.0 Å². The Hall–Kier alpha value is -2.36. The van der Waals surface area contributed by atoms with Gasteiger partial charge in [-0.1, -0.05) is 18.2 Å². The largest absolute Gasteiger partial charge is 0.508 e. The number of rotatable bonds is 6. The molecule has 0 bridgehead atoms. The van der Waals surface area contributed by atoms with Gasteiger partial charge >= 0.3 is 0 Å². The number of pyridine rings is 1. The highest BCUT2D eigenvalue weighted by atomic mass is 127. The normalized spacial score (nSPS) is 11.2. The number of benzene rings is 1. The molecule has 138 valence electrons. The number of hydrogen-bond donors (Lipinski definition) is 3. The molecular weight excluding hydrogens is 443 g/mol. The standard InChI is InChI=1S/C18H22N6O.HI/c1-2-19-18(20-10-9-14-6-5-7-15(25)12-14)21-13-17-23-22-16-8-3-4-11-24(16)17;/h3-8,11-12,25H,2,9-10,13H2,1H3,(H2,19,20,21);1H. The Balaban J connectivity index is 0.00000243. The van der Waals surface area contributed by atoms with Crippen molar-refractivity contribution >= 4 is 35.6 Å². The lowest BCUT2D eigenvalue weighted by Gasteiger charge is -2.11. The molecule has 1 aromatic carbocycles. The lowest BCUT2D eigenvalue weighted by molar-refractivity contribution is 0.474. The van der Waals surface area contributed by atoms with Crippen molar-refractivity contribution < 1.29 is 5.11 Å². The number of aromatic nitrogens is 3. The SMILES string of the molecule is CCNC(=NCc1nnc2ccccn12)NCCc1cccc(O)c1.I. The van der Waals surface area contributed by atoms with E-state index in [1.807, 2.05) is 47.9 Å². The van der Waals surface area contributed by atoms with Crippen LogP contribution in [0.25, 0.3) is 5.65 Å². The average Bonchev–Trinajstić information content (AvgIpc) is 3.03. The highest BCUT2D eigenvalue weighted by Crippen LogP contribution is 2.10. The first-order chi connectivity index (χ1) is 12.3. The van der Waals surface area contributed by atoms with Gasteiger partial charge in [0.05, 0.1) is 0 Å². The quantitative estimate of drug-likeness (QED) is 0.295. The highest BCUT2D eigenvalue weighted by Gasteiger charge is 2.04. The fourth-order valence-electron chi connectivity index (χ4n) is 2.53.